The number of nitrogens with zero attached hydrogens (tertiary/aromatic N) is 2. The Morgan fingerprint density at radius 3 is 2.39 bits per heavy atom. The molecule has 4 aliphatic rings. The van der Waals surface area contributed by atoms with Gasteiger partial charge in [0.05, 0.1) is 17.3 Å². The molecule has 4 unspecified atom stereocenters. The molecule has 1 saturated heterocycles. The van der Waals surface area contributed by atoms with Crippen LogP contribution in [0.4, 0.5) is 5.69 Å². The molecule has 0 bridgehead atoms. The predicted octanol–water partition coefficient (Wildman–Crippen LogP) is 2.04. The summed E-state index contributed by atoms with van der Waals surface area (Å²) >= 11 is 0. The maximum atomic E-state index is 14.0. The minimum Gasteiger partial charge on any atom is -0.508 e. The van der Waals surface area contributed by atoms with Crippen molar-refractivity contribution >= 4 is 28.9 Å². The van der Waals surface area contributed by atoms with Crippen LogP contribution in [0.15, 0.2) is 59.4 Å². The Hall–Kier alpha value is -4.19. The molecule has 232 valence electrons. The van der Waals surface area contributed by atoms with E-state index in [1.165, 1.54) is 10.5 Å². The molecule has 1 saturated carbocycles. The molecule has 11 heteroatoms. The summed E-state index contributed by atoms with van der Waals surface area (Å²) in [5, 5.41) is 49.0. The van der Waals surface area contributed by atoms with Crippen molar-refractivity contribution in [3.8, 4) is 5.75 Å². The van der Waals surface area contributed by atoms with Crippen LogP contribution in [-0.4, -0.2) is 92.6 Å². The molecule has 2 fully saturated rings. The van der Waals surface area contributed by atoms with Crippen molar-refractivity contribution in [1.82, 2.24) is 9.80 Å². The van der Waals surface area contributed by atoms with Gasteiger partial charge in [-0.05, 0) is 62.9 Å². The van der Waals surface area contributed by atoms with E-state index in [-0.39, 0.29) is 35.8 Å². The number of ketones is 2. The van der Waals surface area contributed by atoms with Gasteiger partial charge in [-0.15, -0.1) is 0 Å². The van der Waals surface area contributed by atoms with Crippen LogP contribution in [-0.2, 0) is 27.3 Å². The molecule has 1 aliphatic heterocycles. The van der Waals surface area contributed by atoms with Crippen molar-refractivity contribution in [1.29, 1.82) is 0 Å². The second-order valence-electron chi connectivity index (χ2n) is 12.6. The standard InChI is InChI=1S/C33H38N4O7/c1-36(2)26-21-15-19-14-18-8-9-22(35-20-10-12-37(13-11-20)16-17-6-4-3-5-7-17)27(38)23(18)28(39)24(19)30(41)33(21,44)31(42)25(29(26)40)32(34)43/h3-9,19-21,26,35,38-39,42,44H,10-16H2,1-2H3,(H2,34,43). The third-order valence-electron chi connectivity index (χ3n) is 9.79. The summed E-state index contributed by atoms with van der Waals surface area (Å²) in [7, 11) is 3.15. The van der Waals surface area contributed by atoms with Crippen molar-refractivity contribution in [2.24, 2.45) is 17.6 Å². The predicted molar refractivity (Wildman–Crippen MR) is 163 cm³/mol. The smallest absolute Gasteiger partial charge is 0.255 e. The van der Waals surface area contributed by atoms with E-state index in [2.05, 4.69) is 22.3 Å². The van der Waals surface area contributed by atoms with E-state index in [0.717, 1.165) is 32.5 Å². The Labute approximate surface area is 255 Å². The molecule has 0 radical (unpaired) electrons. The van der Waals surface area contributed by atoms with Gasteiger partial charge in [-0.2, -0.15) is 0 Å². The molecule has 1 heterocycles. The molecule has 2 aromatic rings. The summed E-state index contributed by atoms with van der Waals surface area (Å²) in [6.07, 6.45) is 2.03. The largest absolute Gasteiger partial charge is 0.508 e. The average molecular weight is 603 g/mol. The lowest BCUT2D eigenvalue weighted by Gasteiger charge is -2.50. The maximum absolute atomic E-state index is 14.0. The second-order valence-corrected chi connectivity index (χ2v) is 12.6. The number of hydrogen-bond acceptors (Lipinski definition) is 10. The van der Waals surface area contributed by atoms with Gasteiger partial charge in [0.25, 0.3) is 5.91 Å². The third kappa shape index (κ3) is 4.66. The van der Waals surface area contributed by atoms with Crippen molar-refractivity contribution in [3.05, 3.63) is 76.1 Å². The molecule has 11 nitrogen and oxygen atoms in total. The average Bonchev–Trinajstić information content (AvgIpc) is 2.97. The summed E-state index contributed by atoms with van der Waals surface area (Å²) < 4.78 is 0. The number of aliphatic hydroxyl groups is 3. The Morgan fingerprint density at radius 1 is 1.07 bits per heavy atom. The Morgan fingerprint density at radius 2 is 1.75 bits per heavy atom. The zero-order chi connectivity index (χ0) is 31.5. The molecular formula is C33H38N4O7. The van der Waals surface area contributed by atoms with Gasteiger partial charge < -0.3 is 31.5 Å². The number of rotatable bonds is 6. The minimum atomic E-state index is -2.65. The zero-order valence-corrected chi connectivity index (χ0v) is 24.8. The van der Waals surface area contributed by atoms with Crippen molar-refractivity contribution in [2.75, 3.05) is 32.5 Å². The summed E-state index contributed by atoms with van der Waals surface area (Å²) in [6.45, 7) is 2.63. The number of anilines is 1. The number of aliphatic hydroxyl groups excluding tert-OH is 2. The molecule has 2 aromatic carbocycles. The van der Waals surface area contributed by atoms with Gasteiger partial charge in [-0.3, -0.25) is 24.2 Å². The van der Waals surface area contributed by atoms with Gasteiger partial charge >= 0.3 is 0 Å². The maximum Gasteiger partial charge on any atom is 0.255 e. The summed E-state index contributed by atoms with van der Waals surface area (Å²) in [5.41, 5.74) is 4.16. The third-order valence-corrected chi connectivity index (χ3v) is 9.79. The SMILES string of the molecule is CN(C)C1C(=O)C(C(N)=O)=C(O)C2(O)C(=O)C3=C(O)c4c(ccc(NC5CCN(Cc6ccccc6)CC5)c4O)CC3CC12. The number of nitrogens with two attached hydrogens (primary N) is 1. The number of likely N-dealkylation sites (tertiary alicyclic amines) is 1. The number of phenolic OH excluding ortho intramolecular Hbond substituents is 1. The number of nitrogens with one attached hydrogen (secondary N) is 1. The van der Waals surface area contributed by atoms with Gasteiger partial charge in [0.15, 0.2) is 11.4 Å². The first-order chi connectivity index (χ1) is 20.9. The fourth-order valence-electron chi connectivity index (χ4n) is 7.63. The molecule has 1 amide bonds. The Bertz CT molecular complexity index is 1590. The Balaban J connectivity index is 1.28. The van der Waals surface area contributed by atoms with Crippen LogP contribution in [0.5, 0.6) is 5.75 Å². The zero-order valence-electron chi connectivity index (χ0n) is 24.8. The molecule has 0 spiro atoms. The number of aromatic hydroxyl groups is 1. The molecular weight excluding hydrogens is 564 g/mol. The lowest BCUT2D eigenvalue weighted by molar-refractivity contribution is -0.153. The minimum absolute atomic E-state index is 0.0636. The number of phenols is 1. The highest BCUT2D eigenvalue weighted by Crippen LogP contribution is 2.53. The van der Waals surface area contributed by atoms with E-state index in [1.54, 1.807) is 26.2 Å². The molecule has 7 N–H and O–H groups in total. The van der Waals surface area contributed by atoms with E-state index in [9.17, 15) is 34.8 Å². The van der Waals surface area contributed by atoms with Crippen LogP contribution in [0.2, 0.25) is 0 Å². The van der Waals surface area contributed by atoms with E-state index >= 15 is 0 Å². The van der Waals surface area contributed by atoms with Crippen molar-refractivity contribution in [2.45, 2.75) is 49.9 Å². The van der Waals surface area contributed by atoms with Gasteiger partial charge in [-0.1, -0.05) is 36.4 Å². The molecule has 6 rings (SSSR count). The number of carbonyl (C=O) groups excluding carboxylic acids is 3. The van der Waals surface area contributed by atoms with Crippen LogP contribution in [0.3, 0.4) is 0 Å². The molecule has 44 heavy (non-hydrogen) atoms. The summed E-state index contributed by atoms with van der Waals surface area (Å²) in [4.78, 5) is 43.3. The van der Waals surface area contributed by atoms with Crippen LogP contribution < -0.4 is 11.1 Å². The monoisotopic (exact) mass is 602 g/mol. The highest BCUT2D eigenvalue weighted by Gasteiger charge is 2.64. The quantitative estimate of drug-likeness (QED) is 0.212. The topological polar surface area (TPSA) is 177 Å². The Kier molecular flexibility index (Phi) is 7.51. The van der Waals surface area contributed by atoms with Crippen LogP contribution in [0.25, 0.3) is 5.76 Å². The van der Waals surface area contributed by atoms with Gasteiger partial charge in [0.2, 0.25) is 5.78 Å². The summed E-state index contributed by atoms with van der Waals surface area (Å²) in [6, 6.07) is 12.8. The number of hydrogen-bond donors (Lipinski definition) is 6. The molecule has 3 aliphatic carbocycles. The van der Waals surface area contributed by atoms with Gasteiger partial charge in [-0.25, -0.2) is 0 Å². The first-order valence-electron chi connectivity index (χ1n) is 15.0. The van der Waals surface area contributed by atoms with Crippen LogP contribution in [0.1, 0.15) is 36.0 Å². The summed E-state index contributed by atoms with van der Waals surface area (Å²) in [5.74, 6) is -6.51. The van der Waals surface area contributed by atoms with Gasteiger partial charge in [0.1, 0.15) is 22.8 Å². The highest BCUT2D eigenvalue weighted by molar-refractivity contribution is 6.24. The van der Waals surface area contributed by atoms with E-state index in [4.69, 9.17) is 5.73 Å². The number of fused-ring (bicyclic) bond motifs is 3. The van der Waals surface area contributed by atoms with Gasteiger partial charge in [0, 0.05) is 37.2 Å². The van der Waals surface area contributed by atoms with E-state index in [0.29, 0.717) is 11.3 Å². The molecule has 0 aromatic heterocycles. The van der Waals surface area contributed by atoms with E-state index in [1.807, 2.05) is 18.2 Å². The van der Waals surface area contributed by atoms with Crippen LogP contribution in [0, 0.1) is 11.8 Å². The van der Waals surface area contributed by atoms with Crippen molar-refractivity contribution < 1.29 is 34.8 Å². The lowest BCUT2D eigenvalue weighted by Crippen LogP contribution is -2.65. The number of primary amides is 1. The fourth-order valence-corrected chi connectivity index (χ4v) is 7.63. The van der Waals surface area contributed by atoms with Crippen molar-refractivity contribution in [3.63, 3.8) is 0 Å². The normalized spacial score (nSPS) is 27.7. The van der Waals surface area contributed by atoms with E-state index < -0.39 is 58.0 Å². The number of benzene rings is 2. The lowest BCUT2D eigenvalue weighted by atomic mass is 9.57. The number of Topliss-reactive ketones (excluding diaryl/α,β-unsaturated/α-hetero) is 2. The first-order valence-corrected chi connectivity index (χ1v) is 15.0. The second kappa shape index (κ2) is 11.1. The highest BCUT2D eigenvalue weighted by atomic mass is 16.3. The first kappa shape index (κ1) is 29.9. The number of amides is 1. The molecule has 4 atom stereocenters. The van der Waals surface area contributed by atoms with Crippen LogP contribution >= 0.6 is 0 Å². The number of piperidine rings is 1. The number of likely N-dealkylation sites (N-methyl/N-ethyl adjacent to an activating group) is 1. The number of carbonyl (C=O) groups is 3. The fraction of sp³-hybridized carbons (Fsp3) is 0.424.